The number of carbonyl (C=O) groups is 1. The first kappa shape index (κ1) is 16.7. The molecule has 0 bridgehead atoms. The maximum Gasteiger partial charge on any atom is 0.220 e. The van der Waals surface area contributed by atoms with Crippen LogP contribution < -0.4 is 5.32 Å². The predicted molar refractivity (Wildman–Crippen MR) is 99.9 cm³/mol. The highest BCUT2D eigenvalue weighted by Crippen LogP contribution is 2.15. The molecule has 0 atom stereocenters. The summed E-state index contributed by atoms with van der Waals surface area (Å²) in [6.07, 6.45) is 1.25. The average molecular weight is 386 g/mol. The molecule has 4 nitrogen and oxygen atoms in total. The normalized spacial score (nSPS) is 10.9. The number of para-hydroxylation sites is 2. The molecule has 2 aromatic carbocycles. The molecule has 3 rings (SSSR count). The summed E-state index contributed by atoms with van der Waals surface area (Å²) in [6.45, 7) is 3.34. The van der Waals surface area contributed by atoms with E-state index in [4.69, 9.17) is 0 Å². The number of hydrogen-bond acceptors (Lipinski definition) is 2. The molecule has 1 heterocycles. The van der Waals surface area contributed by atoms with E-state index in [0.717, 1.165) is 39.9 Å². The van der Waals surface area contributed by atoms with Gasteiger partial charge in [0.25, 0.3) is 0 Å². The Hall–Kier alpha value is -2.14. The van der Waals surface area contributed by atoms with Gasteiger partial charge in [0.15, 0.2) is 0 Å². The molecule has 0 unspecified atom stereocenters. The fraction of sp³-hybridized carbons (Fsp3) is 0.263. The Bertz CT molecular complexity index is 857. The molecular weight excluding hydrogens is 366 g/mol. The van der Waals surface area contributed by atoms with Crippen molar-refractivity contribution < 1.29 is 4.79 Å². The Kier molecular flexibility index (Phi) is 5.30. The van der Waals surface area contributed by atoms with Crippen LogP contribution in [0.5, 0.6) is 0 Å². The summed E-state index contributed by atoms with van der Waals surface area (Å²) >= 11 is 3.45. The monoisotopic (exact) mass is 385 g/mol. The second-order valence-corrected chi connectivity index (χ2v) is 6.69. The van der Waals surface area contributed by atoms with Crippen LogP contribution in [0, 0.1) is 6.92 Å². The minimum absolute atomic E-state index is 0.0806. The summed E-state index contributed by atoms with van der Waals surface area (Å²) in [5.74, 6) is 1.05. The van der Waals surface area contributed by atoms with E-state index in [-0.39, 0.29) is 5.91 Å². The van der Waals surface area contributed by atoms with Gasteiger partial charge in [-0.3, -0.25) is 4.79 Å². The lowest BCUT2D eigenvalue weighted by molar-refractivity contribution is -0.121. The third-order valence-corrected chi connectivity index (χ3v) is 4.53. The third kappa shape index (κ3) is 4.03. The number of amides is 1. The fourth-order valence-electron chi connectivity index (χ4n) is 2.82. The van der Waals surface area contributed by atoms with Gasteiger partial charge in [-0.15, -0.1) is 0 Å². The van der Waals surface area contributed by atoms with Crippen molar-refractivity contribution >= 4 is 32.9 Å². The molecule has 0 aliphatic carbocycles. The van der Waals surface area contributed by atoms with Gasteiger partial charge in [-0.05, 0) is 43.2 Å². The molecule has 3 aromatic rings. The quantitative estimate of drug-likeness (QED) is 0.700. The highest BCUT2D eigenvalue weighted by molar-refractivity contribution is 9.10. The lowest BCUT2D eigenvalue weighted by atomic mass is 10.1. The molecule has 0 saturated carbocycles. The zero-order valence-corrected chi connectivity index (χ0v) is 15.2. The summed E-state index contributed by atoms with van der Waals surface area (Å²) in [7, 11) is 0. The van der Waals surface area contributed by atoms with Crippen molar-refractivity contribution in [3.8, 4) is 0 Å². The number of hydrogen-bond donors (Lipinski definition) is 1. The molecule has 1 aromatic heterocycles. The number of fused-ring (bicyclic) bond motifs is 1. The zero-order chi connectivity index (χ0) is 16.9. The number of carbonyl (C=O) groups excluding carboxylic acids is 1. The predicted octanol–water partition coefficient (Wildman–Crippen LogP) is 3.86. The maximum atomic E-state index is 12.0. The molecule has 0 saturated heterocycles. The van der Waals surface area contributed by atoms with Crippen molar-refractivity contribution in [3.63, 3.8) is 0 Å². The molecule has 0 fully saturated rings. The average Bonchev–Trinajstić information content (AvgIpc) is 2.89. The van der Waals surface area contributed by atoms with Crippen molar-refractivity contribution in [1.29, 1.82) is 0 Å². The molecule has 1 N–H and O–H groups in total. The first-order chi connectivity index (χ1) is 11.6. The van der Waals surface area contributed by atoms with Gasteiger partial charge in [-0.1, -0.05) is 40.2 Å². The van der Waals surface area contributed by atoms with E-state index in [1.165, 1.54) is 0 Å². The number of imidazole rings is 1. The van der Waals surface area contributed by atoms with Gasteiger partial charge in [0.1, 0.15) is 5.82 Å². The molecule has 5 heteroatoms. The maximum absolute atomic E-state index is 12.0. The van der Waals surface area contributed by atoms with E-state index in [0.29, 0.717) is 13.0 Å². The summed E-state index contributed by atoms with van der Waals surface area (Å²) in [5, 5.41) is 3.00. The number of aromatic nitrogens is 2. The van der Waals surface area contributed by atoms with Gasteiger partial charge in [0.05, 0.1) is 11.0 Å². The van der Waals surface area contributed by atoms with Crippen LogP contribution in [-0.2, 0) is 17.8 Å². The number of benzene rings is 2. The summed E-state index contributed by atoms with van der Waals surface area (Å²) in [4.78, 5) is 16.6. The Morgan fingerprint density at radius 1 is 1.21 bits per heavy atom. The highest BCUT2D eigenvalue weighted by Gasteiger charge is 2.07. The summed E-state index contributed by atoms with van der Waals surface area (Å²) < 4.78 is 3.19. The Balaban J connectivity index is 1.50. The summed E-state index contributed by atoms with van der Waals surface area (Å²) in [5.41, 5.74) is 3.27. The second-order valence-electron chi connectivity index (χ2n) is 5.78. The van der Waals surface area contributed by atoms with Crippen LogP contribution in [0.4, 0.5) is 0 Å². The molecule has 0 aliphatic heterocycles. The van der Waals surface area contributed by atoms with Crippen LogP contribution in [0.3, 0.4) is 0 Å². The van der Waals surface area contributed by atoms with Crippen LogP contribution in [0.2, 0.25) is 0 Å². The zero-order valence-electron chi connectivity index (χ0n) is 13.6. The smallest absolute Gasteiger partial charge is 0.220 e. The van der Waals surface area contributed by atoms with Crippen molar-refractivity contribution in [2.75, 3.05) is 6.54 Å². The lowest BCUT2D eigenvalue weighted by Gasteiger charge is -2.09. The van der Waals surface area contributed by atoms with E-state index >= 15 is 0 Å². The van der Waals surface area contributed by atoms with E-state index in [2.05, 4.69) is 36.9 Å². The molecule has 124 valence electrons. The number of aryl methyl sites for hydroxylation is 2. The van der Waals surface area contributed by atoms with Crippen molar-refractivity contribution in [2.45, 2.75) is 26.3 Å². The van der Waals surface area contributed by atoms with E-state index in [1.54, 1.807) is 0 Å². The van der Waals surface area contributed by atoms with Gasteiger partial charge in [-0.2, -0.15) is 0 Å². The van der Waals surface area contributed by atoms with Crippen LogP contribution in [-0.4, -0.2) is 22.0 Å². The fourth-order valence-corrected chi connectivity index (χ4v) is 3.27. The molecule has 1 amide bonds. The minimum Gasteiger partial charge on any atom is -0.354 e. The van der Waals surface area contributed by atoms with Gasteiger partial charge < -0.3 is 9.88 Å². The minimum atomic E-state index is 0.0806. The van der Waals surface area contributed by atoms with Crippen LogP contribution in [0.25, 0.3) is 11.0 Å². The Labute approximate surface area is 150 Å². The van der Waals surface area contributed by atoms with Crippen molar-refractivity contribution in [2.24, 2.45) is 0 Å². The van der Waals surface area contributed by atoms with Gasteiger partial charge in [0, 0.05) is 24.0 Å². The standard InChI is InChI=1S/C19H20BrN3O/c1-14-22-17-7-2-3-8-18(17)23(14)12-11-21-19(24)10-9-15-5-4-6-16(20)13-15/h2-8,13H,9-12H2,1H3,(H,21,24). The SMILES string of the molecule is Cc1nc2ccccc2n1CCNC(=O)CCc1cccc(Br)c1. The largest absolute Gasteiger partial charge is 0.354 e. The first-order valence-corrected chi connectivity index (χ1v) is 8.86. The Morgan fingerprint density at radius 3 is 2.88 bits per heavy atom. The molecule has 24 heavy (non-hydrogen) atoms. The molecule has 0 aliphatic rings. The molecule has 0 spiro atoms. The number of halogens is 1. The van der Waals surface area contributed by atoms with Crippen LogP contribution in [0.1, 0.15) is 17.8 Å². The van der Waals surface area contributed by atoms with E-state index < -0.39 is 0 Å². The summed E-state index contributed by atoms with van der Waals surface area (Å²) in [6, 6.07) is 16.1. The third-order valence-electron chi connectivity index (χ3n) is 4.03. The van der Waals surface area contributed by atoms with E-state index in [9.17, 15) is 4.79 Å². The van der Waals surface area contributed by atoms with E-state index in [1.807, 2.05) is 49.4 Å². The van der Waals surface area contributed by atoms with Crippen LogP contribution in [0.15, 0.2) is 53.0 Å². The molecular formula is C19H20BrN3O. The van der Waals surface area contributed by atoms with Crippen molar-refractivity contribution in [1.82, 2.24) is 14.9 Å². The lowest BCUT2D eigenvalue weighted by Crippen LogP contribution is -2.27. The number of nitrogens with zero attached hydrogens (tertiary/aromatic N) is 2. The van der Waals surface area contributed by atoms with Crippen LogP contribution >= 0.6 is 15.9 Å². The first-order valence-electron chi connectivity index (χ1n) is 8.06. The number of rotatable bonds is 6. The second kappa shape index (κ2) is 7.62. The van der Waals surface area contributed by atoms with Gasteiger partial charge >= 0.3 is 0 Å². The Morgan fingerprint density at radius 2 is 2.04 bits per heavy atom. The topological polar surface area (TPSA) is 46.9 Å². The van der Waals surface area contributed by atoms with Gasteiger partial charge in [0.2, 0.25) is 5.91 Å². The van der Waals surface area contributed by atoms with Crippen molar-refractivity contribution in [3.05, 3.63) is 64.4 Å². The van der Waals surface area contributed by atoms with Gasteiger partial charge in [-0.25, -0.2) is 4.98 Å². The molecule has 0 radical (unpaired) electrons. The highest BCUT2D eigenvalue weighted by atomic mass is 79.9. The number of nitrogens with one attached hydrogen (secondary N) is 1.